The molecule has 5 heteroatoms. The predicted molar refractivity (Wildman–Crippen MR) is 95.8 cm³/mol. The summed E-state index contributed by atoms with van der Waals surface area (Å²) in [6.07, 6.45) is 2.01. The van der Waals surface area contributed by atoms with E-state index in [0.29, 0.717) is 6.04 Å². The van der Waals surface area contributed by atoms with Crippen LogP contribution in [0.5, 0.6) is 5.75 Å². The number of amides is 1. The lowest BCUT2D eigenvalue weighted by Gasteiger charge is -2.31. The Hall–Kier alpha value is -1.59. The van der Waals surface area contributed by atoms with Crippen LogP contribution in [0.2, 0.25) is 0 Å². The molecule has 0 aromatic heterocycles. The van der Waals surface area contributed by atoms with Crippen LogP contribution in [0.1, 0.15) is 12.8 Å². The molecule has 1 aliphatic rings. The molecule has 1 amide bonds. The normalized spacial score (nSPS) is 15.6. The van der Waals surface area contributed by atoms with E-state index in [9.17, 15) is 4.79 Å². The largest absolute Gasteiger partial charge is 0.484 e. The quantitative estimate of drug-likeness (QED) is 0.890. The first-order valence-electron chi connectivity index (χ1n) is 7.92. The Morgan fingerprint density at radius 1 is 1.22 bits per heavy atom. The number of piperidine rings is 1. The van der Waals surface area contributed by atoms with E-state index in [1.165, 1.54) is 0 Å². The molecule has 1 heterocycles. The van der Waals surface area contributed by atoms with Gasteiger partial charge in [-0.3, -0.25) is 4.79 Å². The second-order valence-corrected chi connectivity index (χ2v) is 6.84. The molecule has 0 aliphatic carbocycles. The number of likely N-dealkylation sites (N-methyl/N-ethyl adjacent to an activating group) is 1. The van der Waals surface area contributed by atoms with Gasteiger partial charge >= 0.3 is 0 Å². The van der Waals surface area contributed by atoms with Crippen LogP contribution in [-0.4, -0.2) is 43.6 Å². The Labute approximate surface area is 144 Å². The molecule has 0 radical (unpaired) electrons. The molecule has 0 saturated carbocycles. The Kier molecular flexibility index (Phi) is 5.18. The summed E-state index contributed by atoms with van der Waals surface area (Å²) in [7, 11) is 1.87. The topological polar surface area (TPSA) is 41.6 Å². The molecular weight excluding hydrogens is 356 g/mol. The van der Waals surface area contributed by atoms with Crippen LogP contribution in [0.15, 0.2) is 40.9 Å². The van der Waals surface area contributed by atoms with Crippen molar-refractivity contribution in [2.24, 2.45) is 0 Å². The molecular formula is C18H21BrN2O2. The van der Waals surface area contributed by atoms with Crippen molar-refractivity contribution in [3.05, 3.63) is 40.9 Å². The average molecular weight is 377 g/mol. The Bertz CT molecular complexity index is 698. The third-order valence-electron chi connectivity index (χ3n) is 4.39. The number of rotatable bonds is 4. The van der Waals surface area contributed by atoms with E-state index in [1.807, 2.05) is 42.3 Å². The first-order valence-corrected chi connectivity index (χ1v) is 8.71. The average Bonchev–Trinajstić information content (AvgIpc) is 2.59. The minimum Gasteiger partial charge on any atom is -0.484 e. The van der Waals surface area contributed by atoms with Crippen LogP contribution in [0.4, 0.5) is 0 Å². The molecule has 1 saturated heterocycles. The van der Waals surface area contributed by atoms with Gasteiger partial charge in [0.05, 0.1) is 0 Å². The molecule has 1 aliphatic heterocycles. The Morgan fingerprint density at radius 2 is 1.91 bits per heavy atom. The number of carbonyl (C=O) groups excluding carboxylic acids is 1. The maximum absolute atomic E-state index is 12.3. The summed E-state index contributed by atoms with van der Waals surface area (Å²) in [6.45, 7) is 2.04. The van der Waals surface area contributed by atoms with Crippen LogP contribution >= 0.6 is 15.9 Å². The minimum absolute atomic E-state index is 0.0350. The molecule has 4 nitrogen and oxygen atoms in total. The van der Waals surface area contributed by atoms with Gasteiger partial charge in [-0.2, -0.15) is 0 Å². The third kappa shape index (κ3) is 4.03. The van der Waals surface area contributed by atoms with Gasteiger partial charge in [-0.1, -0.05) is 28.1 Å². The van der Waals surface area contributed by atoms with Gasteiger partial charge < -0.3 is 15.0 Å². The fourth-order valence-electron chi connectivity index (χ4n) is 2.93. The number of fused-ring (bicyclic) bond motifs is 1. The van der Waals surface area contributed by atoms with Gasteiger partial charge in [-0.15, -0.1) is 0 Å². The van der Waals surface area contributed by atoms with Crippen molar-refractivity contribution < 1.29 is 9.53 Å². The van der Waals surface area contributed by atoms with E-state index in [0.717, 1.165) is 46.9 Å². The van der Waals surface area contributed by atoms with Crippen molar-refractivity contribution in [1.82, 2.24) is 10.2 Å². The first-order chi connectivity index (χ1) is 11.1. The van der Waals surface area contributed by atoms with E-state index in [1.54, 1.807) is 0 Å². The number of carbonyl (C=O) groups is 1. The highest BCUT2D eigenvalue weighted by Crippen LogP contribution is 2.24. The van der Waals surface area contributed by atoms with Gasteiger partial charge in [0.25, 0.3) is 5.91 Å². The summed E-state index contributed by atoms with van der Waals surface area (Å²) >= 11 is 3.47. The Morgan fingerprint density at radius 3 is 2.70 bits per heavy atom. The van der Waals surface area contributed by atoms with Crippen LogP contribution < -0.4 is 10.1 Å². The second-order valence-electron chi connectivity index (χ2n) is 5.93. The SMILES string of the molecule is CN(C(=O)COc1ccc2cc(Br)ccc2c1)C1CCNCC1. The number of hydrogen-bond acceptors (Lipinski definition) is 3. The first kappa shape index (κ1) is 16.3. The summed E-state index contributed by atoms with van der Waals surface area (Å²) in [5.41, 5.74) is 0. The number of nitrogens with one attached hydrogen (secondary N) is 1. The monoisotopic (exact) mass is 376 g/mol. The second kappa shape index (κ2) is 7.32. The fourth-order valence-corrected chi connectivity index (χ4v) is 3.31. The van der Waals surface area contributed by atoms with E-state index < -0.39 is 0 Å². The minimum atomic E-state index is 0.0350. The molecule has 1 fully saturated rings. The third-order valence-corrected chi connectivity index (χ3v) is 4.88. The Balaban J connectivity index is 1.61. The molecule has 0 atom stereocenters. The number of benzene rings is 2. The van der Waals surface area contributed by atoms with Crippen molar-refractivity contribution in [3.63, 3.8) is 0 Å². The van der Waals surface area contributed by atoms with Crippen LogP contribution in [0.25, 0.3) is 10.8 Å². The molecule has 0 bridgehead atoms. The molecule has 1 N–H and O–H groups in total. The zero-order valence-corrected chi connectivity index (χ0v) is 14.8. The van der Waals surface area contributed by atoms with Crippen molar-refractivity contribution >= 4 is 32.6 Å². The molecule has 23 heavy (non-hydrogen) atoms. The zero-order chi connectivity index (χ0) is 16.2. The standard InChI is InChI=1S/C18H21BrN2O2/c1-21(16-6-8-20-9-7-16)18(22)12-23-17-5-3-13-10-15(19)4-2-14(13)11-17/h2-5,10-11,16,20H,6-9,12H2,1H3. The lowest BCUT2D eigenvalue weighted by atomic mass is 10.1. The lowest BCUT2D eigenvalue weighted by Crippen LogP contribution is -2.45. The summed E-state index contributed by atoms with van der Waals surface area (Å²) in [4.78, 5) is 14.1. The summed E-state index contributed by atoms with van der Waals surface area (Å²) < 4.78 is 6.75. The molecule has 0 spiro atoms. The summed E-state index contributed by atoms with van der Waals surface area (Å²) in [5.74, 6) is 0.764. The number of nitrogens with zero attached hydrogens (tertiary/aromatic N) is 1. The van der Waals surface area contributed by atoms with Crippen LogP contribution in [-0.2, 0) is 4.79 Å². The van der Waals surface area contributed by atoms with Crippen molar-refractivity contribution in [2.75, 3.05) is 26.7 Å². The molecule has 0 unspecified atom stereocenters. The van der Waals surface area contributed by atoms with Gasteiger partial charge in [0.15, 0.2) is 6.61 Å². The molecule has 3 rings (SSSR count). The van der Waals surface area contributed by atoms with Crippen molar-refractivity contribution in [3.8, 4) is 5.75 Å². The van der Waals surface area contributed by atoms with Gasteiger partial charge in [-0.25, -0.2) is 0 Å². The number of ether oxygens (including phenoxy) is 1. The van der Waals surface area contributed by atoms with Gasteiger partial charge in [0.2, 0.25) is 0 Å². The van der Waals surface area contributed by atoms with Crippen molar-refractivity contribution in [2.45, 2.75) is 18.9 Å². The molecule has 2 aromatic carbocycles. The van der Waals surface area contributed by atoms with Crippen LogP contribution in [0, 0.1) is 0 Å². The molecule has 2 aromatic rings. The maximum atomic E-state index is 12.3. The smallest absolute Gasteiger partial charge is 0.260 e. The number of hydrogen-bond donors (Lipinski definition) is 1. The maximum Gasteiger partial charge on any atom is 0.260 e. The number of halogens is 1. The van der Waals surface area contributed by atoms with E-state index in [4.69, 9.17) is 4.74 Å². The lowest BCUT2D eigenvalue weighted by molar-refractivity contribution is -0.134. The van der Waals surface area contributed by atoms with E-state index >= 15 is 0 Å². The predicted octanol–water partition coefficient (Wildman–Crippen LogP) is 3.19. The molecule has 122 valence electrons. The van der Waals surface area contributed by atoms with Gasteiger partial charge in [0, 0.05) is 17.6 Å². The van der Waals surface area contributed by atoms with Crippen LogP contribution in [0.3, 0.4) is 0 Å². The highest BCUT2D eigenvalue weighted by Gasteiger charge is 2.22. The van der Waals surface area contributed by atoms with E-state index in [2.05, 4.69) is 27.3 Å². The summed E-state index contributed by atoms with van der Waals surface area (Å²) in [5, 5.41) is 5.56. The fraction of sp³-hybridized carbons (Fsp3) is 0.389. The zero-order valence-electron chi connectivity index (χ0n) is 13.2. The highest BCUT2D eigenvalue weighted by atomic mass is 79.9. The van der Waals surface area contributed by atoms with Crippen molar-refractivity contribution in [1.29, 1.82) is 0 Å². The summed E-state index contributed by atoms with van der Waals surface area (Å²) in [6, 6.07) is 12.3. The highest BCUT2D eigenvalue weighted by molar-refractivity contribution is 9.10. The van der Waals surface area contributed by atoms with E-state index in [-0.39, 0.29) is 12.5 Å². The van der Waals surface area contributed by atoms with Gasteiger partial charge in [0.1, 0.15) is 5.75 Å². The van der Waals surface area contributed by atoms with Gasteiger partial charge in [-0.05, 0) is 61.0 Å².